The Morgan fingerprint density at radius 2 is 2.00 bits per heavy atom. The number of halogens is 3. The predicted octanol–water partition coefficient (Wildman–Crippen LogP) is 5.94. The van der Waals surface area contributed by atoms with Gasteiger partial charge in [0.2, 0.25) is 6.43 Å². The number of aromatic nitrogens is 1. The van der Waals surface area contributed by atoms with Crippen LogP contribution in [0.2, 0.25) is 0 Å². The summed E-state index contributed by atoms with van der Waals surface area (Å²) in [4.78, 5) is 18.3. The van der Waals surface area contributed by atoms with Crippen molar-refractivity contribution < 1.29 is 22.7 Å². The first-order valence-corrected chi connectivity index (χ1v) is 11.3. The van der Waals surface area contributed by atoms with Crippen LogP contribution in [0.3, 0.4) is 0 Å². The van der Waals surface area contributed by atoms with Gasteiger partial charge in [-0.15, -0.1) is 0 Å². The molecule has 0 radical (unpaired) electrons. The zero-order valence-electron chi connectivity index (χ0n) is 18.7. The lowest BCUT2D eigenvalue weighted by atomic mass is 9.94. The molecule has 0 amide bonds. The SMILES string of the molecule is CCCCc1nccc(N2CCC(Oc3ccc(C(C)C(=O)CCC(F)F)cc3)C2)c1F. The summed E-state index contributed by atoms with van der Waals surface area (Å²) in [6.07, 6.45) is 1.92. The van der Waals surface area contributed by atoms with Crippen LogP contribution in [0.1, 0.15) is 63.1 Å². The van der Waals surface area contributed by atoms with Gasteiger partial charge in [-0.25, -0.2) is 13.2 Å². The van der Waals surface area contributed by atoms with E-state index < -0.39 is 18.8 Å². The highest BCUT2D eigenvalue weighted by atomic mass is 19.3. The number of rotatable bonds is 11. The number of aryl methyl sites for hydroxylation is 1. The standard InChI is InChI=1S/C25H31F3N2O2/c1-3-4-5-21-25(28)22(12-14-29-21)30-15-13-20(16-30)32-19-8-6-18(7-9-19)17(2)23(31)10-11-24(26)27/h6-9,12,14,17,20,24H,3-5,10-11,13,15-16H2,1-2H3. The Morgan fingerprint density at radius 1 is 1.25 bits per heavy atom. The van der Waals surface area contributed by atoms with Gasteiger partial charge in [-0.2, -0.15) is 0 Å². The van der Waals surface area contributed by atoms with E-state index in [0.29, 0.717) is 36.6 Å². The molecule has 2 aromatic rings. The molecule has 1 aromatic carbocycles. The second-order valence-corrected chi connectivity index (χ2v) is 8.36. The minimum Gasteiger partial charge on any atom is -0.489 e. The van der Waals surface area contributed by atoms with Crippen LogP contribution >= 0.6 is 0 Å². The molecule has 3 rings (SSSR count). The first-order chi connectivity index (χ1) is 15.4. The average molecular weight is 449 g/mol. The van der Waals surface area contributed by atoms with Gasteiger partial charge in [0.25, 0.3) is 0 Å². The van der Waals surface area contributed by atoms with Gasteiger partial charge in [0.1, 0.15) is 17.6 Å². The molecule has 1 aliphatic rings. The molecule has 1 aromatic heterocycles. The van der Waals surface area contributed by atoms with Crippen molar-refractivity contribution in [2.75, 3.05) is 18.0 Å². The van der Waals surface area contributed by atoms with Gasteiger partial charge in [0.15, 0.2) is 5.82 Å². The number of carbonyl (C=O) groups is 1. The molecule has 0 saturated carbocycles. The lowest BCUT2D eigenvalue weighted by Crippen LogP contribution is -2.25. The molecule has 0 bridgehead atoms. The Balaban J connectivity index is 1.56. The highest BCUT2D eigenvalue weighted by molar-refractivity contribution is 5.85. The third kappa shape index (κ3) is 6.24. The van der Waals surface area contributed by atoms with Crippen molar-refractivity contribution in [1.29, 1.82) is 0 Å². The van der Waals surface area contributed by atoms with Crippen molar-refractivity contribution >= 4 is 11.5 Å². The fourth-order valence-electron chi connectivity index (χ4n) is 3.96. The predicted molar refractivity (Wildman–Crippen MR) is 119 cm³/mol. The second kappa shape index (κ2) is 11.3. The van der Waals surface area contributed by atoms with Gasteiger partial charge in [-0.05, 0) is 36.6 Å². The maximum Gasteiger partial charge on any atom is 0.239 e. The van der Waals surface area contributed by atoms with E-state index in [1.54, 1.807) is 43.5 Å². The summed E-state index contributed by atoms with van der Waals surface area (Å²) in [6.45, 7) is 5.09. The number of anilines is 1. The van der Waals surface area contributed by atoms with Crippen LogP contribution in [0.15, 0.2) is 36.5 Å². The third-order valence-electron chi connectivity index (χ3n) is 5.97. The van der Waals surface area contributed by atoms with Gasteiger partial charge >= 0.3 is 0 Å². The summed E-state index contributed by atoms with van der Waals surface area (Å²) >= 11 is 0. The summed E-state index contributed by atoms with van der Waals surface area (Å²) < 4.78 is 45.6. The van der Waals surface area contributed by atoms with Crippen LogP contribution in [-0.4, -0.2) is 36.4 Å². The zero-order valence-corrected chi connectivity index (χ0v) is 18.7. The van der Waals surface area contributed by atoms with Crippen molar-refractivity contribution in [2.24, 2.45) is 0 Å². The van der Waals surface area contributed by atoms with Gasteiger partial charge in [-0.3, -0.25) is 9.78 Å². The largest absolute Gasteiger partial charge is 0.489 e. The number of hydrogen-bond donors (Lipinski definition) is 0. The smallest absolute Gasteiger partial charge is 0.239 e. The number of Topliss-reactive ketones (excluding diaryl/α,β-unsaturated/α-hetero) is 1. The number of nitrogens with zero attached hydrogens (tertiary/aromatic N) is 2. The Hall–Kier alpha value is -2.57. The number of ketones is 1. The summed E-state index contributed by atoms with van der Waals surface area (Å²) in [5, 5.41) is 0. The van der Waals surface area contributed by atoms with E-state index in [-0.39, 0.29) is 24.1 Å². The lowest BCUT2D eigenvalue weighted by molar-refractivity contribution is -0.120. The molecule has 32 heavy (non-hydrogen) atoms. The van der Waals surface area contributed by atoms with Crippen molar-refractivity contribution in [3.05, 3.63) is 53.6 Å². The molecule has 174 valence electrons. The summed E-state index contributed by atoms with van der Waals surface area (Å²) in [7, 11) is 0. The van der Waals surface area contributed by atoms with E-state index in [2.05, 4.69) is 11.9 Å². The Bertz CT molecular complexity index is 889. The van der Waals surface area contributed by atoms with Crippen molar-refractivity contribution in [3.63, 3.8) is 0 Å². The molecule has 2 unspecified atom stereocenters. The molecular weight excluding hydrogens is 417 g/mol. The van der Waals surface area contributed by atoms with E-state index in [1.165, 1.54) is 0 Å². The number of hydrogen-bond acceptors (Lipinski definition) is 4. The van der Waals surface area contributed by atoms with E-state index >= 15 is 0 Å². The maximum atomic E-state index is 14.9. The van der Waals surface area contributed by atoms with Crippen LogP contribution in [0.4, 0.5) is 18.9 Å². The highest BCUT2D eigenvalue weighted by Crippen LogP contribution is 2.28. The number of ether oxygens (including phenoxy) is 1. The maximum absolute atomic E-state index is 14.9. The molecule has 1 fully saturated rings. The van der Waals surface area contributed by atoms with E-state index in [4.69, 9.17) is 4.74 Å². The van der Waals surface area contributed by atoms with Crippen LogP contribution in [0, 0.1) is 5.82 Å². The lowest BCUT2D eigenvalue weighted by Gasteiger charge is -2.20. The second-order valence-electron chi connectivity index (χ2n) is 8.36. The molecule has 7 heteroatoms. The number of alkyl halides is 2. The first-order valence-electron chi connectivity index (χ1n) is 11.3. The van der Waals surface area contributed by atoms with Crippen LogP contribution < -0.4 is 9.64 Å². The van der Waals surface area contributed by atoms with Crippen LogP contribution in [-0.2, 0) is 11.2 Å². The van der Waals surface area contributed by atoms with Crippen molar-refractivity contribution in [1.82, 2.24) is 4.98 Å². The van der Waals surface area contributed by atoms with Gasteiger partial charge < -0.3 is 9.64 Å². The molecule has 1 aliphatic heterocycles. The number of carbonyl (C=O) groups excluding carboxylic acids is 1. The minimum absolute atomic E-state index is 0.0717. The quantitative estimate of drug-likeness (QED) is 0.427. The zero-order chi connectivity index (χ0) is 23.1. The molecule has 2 atom stereocenters. The molecule has 0 spiro atoms. The van der Waals surface area contributed by atoms with Crippen LogP contribution in [0.25, 0.3) is 0 Å². The third-order valence-corrected chi connectivity index (χ3v) is 5.97. The number of unbranched alkanes of at least 4 members (excludes halogenated alkanes) is 1. The molecule has 4 nitrogen and oxygen atoms in total. The van der Waals surface area contributed by atoms with E-state index in [0.717, 1.165) is 24.8 Å². The monoisotopic (exact) mass is 448 g/mol. The molecular formula is C25H31F3N2O2. The molecule has 0 aliphatic carbocycles. The van der Waals surface area contributed by atoms with Crippen molar-refractivity contribution in [3.8, 4) is 5.75 Å². The minimum atomic E-state index is -2.46. The summed E-state index contributed by atoms with van der Waals surface area (Å²) in [5.74, 6) is -0.187. The normalized spacial score (nSPS) is 17.1. The molecule has 2 heterocycles. The molecule has 0 N–H and O–H groups in total. The van der Waals surface area contributed by atoms with E-state index in [9.17, 15) is 18.0 Å². The number of benzene rings is 1. The Labute approximate surface area is 187 Å². The Kier molecular flexibility index (Phi) is 8.53. The van der Waals surface area contributed by atoms with Gasteiger partial charge in [0, 0.05) is 37.9 Å². The summed E-state index contributed by atoms with van der Waals surface area (Å²) in [6, 6.07) is 8.91. The van der Waals surface area contributed by atoms with Crippen LogP contribution in [0.5, 0.6) is 5.75 Å². The molecule has 1 saturated heterocycles. The number of pyridine rings is 1. The summed E-state index contributed by atoms with van der Waals surface area (Å²) in [5.41, 5.74) is 1.87. The van der Waals surface area contributed by atoms with Gasteiger partial charge in [0.05, 0.1) is 17.9 Å². The Morgan fingerprint density at radius 3 is 2.69 bits per heavy atom. The van der Waals surface area contributed by atoms with Gasteiger partial charge in [-0.1, -0.05) is 32.4 Å². The fraction of sp³-hybridized carbons (Fsp3) is 0.520. The average Bonchev–Trinajstić information content (AvgIpc) is 3.25. The first kappa shape index (κ1) is 24.1. The fourth-order valence-corrected chi connectivity index (χ4v) is 3.96. The van der Waals surface area contributed by atoms with E-state index in [1.807, 2.05) is 4.90 Å². The van der Waals surface area contributed by atoms with Crippen molar-refractivity contribution in [2.45, 2.75) is 70.8 Å². The highest BCUT2D eigenvalue weighted by Gasteiger charge is 2.27. The topological polar surface area (TPSA) is 42.4 Å².